The quantitative estimate of drug-likeness (QED) is 0.372. The zero-order chi connectivity index (χ0) is 12.2. The van der Waals surface area contributed by atoms with Gasteiger partial charge in [0.05, 0.1) is 0 Å². The molecule has 1 rings (SSSR count). The third kappa shape index (κ3) is 7.64. The Morgan fingerprint density at radius 3 is 1.47 bits per heavy atom. The Morgan fingerprint density at radius 1 is 0.933 bits per heavy atom. The molecule has 0 aliphatic rings. The van der Waals surface area contributed by atoms with Crippen molar-refractivity contribution >= 4 is 29.8 Å². The molecule has 0 radical (unpaired) electrons. The third-order valence-corrected chi connectivity index (χ3v) is 3.28. The van der Waals surface area contributed by atoms with E-state index in [1.807, 2.05) is 0 Å². The topological polar surface area (TPSA) is 0 Å². The van der Waals surface area contributed by atoms with Gasteiger partial charge in [-0.3, -0.25) is 0 Å². The highest BCUT2D eigenvalue weighted by Gasteiger charge is 2.20. The predicted octanol–water partition coefficient (Wildman–Crippen LogP) is 4.52. The van der Waals surface area contributed by atoms with E-state index in [0.717, 1.165) is 0 Å². The van der Waals surface area contributed by atoms with Gasteiger partial charge in [0.25, 0.3) is 0 Å². The Labute approximate surface area is 100 Å². The number of aryl methyl sites for hydroxylation is 3. The lowest BCUT2D eigenvalue weighted by atomic mass is 10.1. The normalized spacial score (nSPS) is 10.7. The summed E-state index contributed by atoms with van der Waals surface area (Å²) in [5.41, 5.74) is 4.13. The van der Waals surface area contributed by atoms with Crippen molar-refractivity contribution in [2.45, 2.75) is 20.8 Å². The van der Waals surface area contributed by atoms with Crippen LogP contribution in [0.15, 0.2) is 12.1 Å². The van der Waals surface area contributed by atoms with E-state index in [2.05, 4.69) is 55.5 Å². The van der Waals surface area contributed by atoms with Gasteiger partial charge in [-0.05, 0) is 54.5 Å². The number of benzene rings is 1. The summed E-state index contributed by atoms with van der Waals surface area (Å²) >= 11 is 2.39. The lowest BCUT2D eigenvalue weighted by molar-refractivity contribution is 0.368. The molecule has 0 heterocycles. The van der Waals surface area contributed by atoms with E-state index in [-0.39, 0.29) is 0 Å². The summed E-state index contributed by atoms with van der Waals surface area (Å²) in [6.45, 7) is 6.44. The lowest BCUT2D eigenvalue weighted by Crippen LogP contribution is -2.02. The largest absolute Gasteiger partial charge is 0.673 e. The second kappa shape index (κ2) is 5.72. The molecule has 0 N–H and O–H groups in total. The summed E-state index contributed by atoms with van der Waals surface area (Å²) in [6, 6.07) is 4.43. The molecule has 0 unspecified atom stereocenters. The Bertz CT molecular complexity index is 306. The van der Waals surface area contributed by atoms with Crippen molar-refractivity contribution in [2.75, 3.05) is 0 Å². The number of hydrogen-bond acceptors (Lipinski definition) is 0. The summed E-state index contributed by atoms with van der Waals surface area (Å²) < 4.78 is 40.4. The molecule has 0 atom stereocenters. The van der Waals surface area contributed by atoms with E-state index in [1.165, 1.54) is 20.3 Å². The molecule has 0 aromatic heterocycles. The molecule has 0 bridgehead atoms. The second-order valence-corrected chi connectivity index (χ2v) is 4.29. The van der Waals surface area contributed by atoms with Gasteiger partial charge >= 0.3 is 7.25 Å². The van der Waals surface area contributed by atoms with Crippen LogP contribution in [0.2, 0.25) is 0 Å². The second-order valence-electron chi connectivity index (χ2n) is 3.21. The maximum Gasteiger partial charge on any atom is 0.673 e. The van der Waals surface area contributed by atoms with Crippen molar-refractivity contribution in [2.24, 2.45) is 0 Å². The first-order chi connectivity index (χ1) is 6.61. The fourth-order valence-corrected chi connectivity index (χ4v) is 1.47. The summed E-state index contributed by atoms with van der Waals surface area (Å²) in [7, 11) is -6.00. The first-order valence-corrected chi connectivity index (χ1v) is 5.30. The van der Waals surface area contributed by atoms with Gasteiger partial charge in [-0.25, -0.2) is 0 Å². The SMILES string of the molecule is Cc1cc(C)c(I)c(C)c1.F[B-](F)(F)F. The standard InChI is InChI=1S/C9H11I.BF4/c1-6-4-7(2)9(10)8(3)5-6;2-1(3,4)5/h4-5H,1-3H3;/q;-1. The van der Waals surface area contributed by atoms with Crippen molar-refractivity contribution in [3.05, 3.63) is 32.4 Å². The molecule has 0 amide bonds. The number of halogens is 5. The number of rotatable bonds is 0. The molecule has 0 aliphatic carbocycles. The van der Waals surface area contributed by atoms with Crippen LogP contribution >= 0.6 is 22.6 Å². The monoisotopic (exact) mass is 333 g/mol. The molecule has 0 spiro atoms. The van der Waals surface area contributed by atoms with Crippen molar-refractivity contribution in [1.82, 2.24) is 0 Å². The zero-order valence-electron chi connectivity index (χ0n) is 8.62. The van der Waals surface area contributed by atoms with Crippen molar-refractivity contribution < 1.29 is 17.3 Å². The molecule has 1 aromatic carbocycles. The van der Waals surface area contributed by atoms with Gasteiger partial charge in [0.15, 0.2) is 0 Å². The summed E-state index contributed by atoms with van der Waals surface area (Å²) in [4.78, 5) is 0. The van der Waals surface area contributed by atoms with Gasteiger partial charge in [-0.15, -0.1) is 0 Å². The van der Waals surface area contributed by atoms with Crippen LogP contribution in [-0.2, 0) is 0 Å². The zero-order valence-corrected chi connectivity index (χ0v) is 10.8. The first-order valence-electron chi connectivity index (χ1n) is 4.22. The lowest BCUT2D eigenvalue weighted by Gasteiger charge is -2.03. The van der Waals surface area contributed by atoms with Crippen molar-refractivity contribution in [1.29, 1.82) is 0 Å². The molecular weight excluding hydrogens is 322 g/mol. The molecule has 0 saturated carbocycles. The Hall–Kier alpha value is -0.265. The molecule has 0 saturated heterocycles. The average molecular weight is 333 g/mol. The summed E-state index contributed by atoms with van der Waals surface area (Å²) in [6.07, 6.45) is 0. The minimum atomic E-state index is -6.00. The van der Waals surface area contributed by atoms with Crippen LogP contribution in [0.3, 0.4) is 0 Å². The van der Waals surface area contributed by atoms with Crippen LogP contribution in [0.25, 0.3) is 0 Å². The van der Waals surface area contributed by atoms with Crippen LogP contribution in [0, 0.1) is 24.3 Å². The highest BCUT2D eigenvalue weighted by molar-refractivity contribution is 14.1. The molecule has 15 heavy (non-hydrogen) atoms. The van der Waals surface area contributed by atoms with Crippen LogP contribution in [-0.4, -0.2) is 7.25 Å². The van der Waals surface area contributed by atoms with E-state index in [4.69, 9.17) is 0 Å². The Morgan fingerprint density at radius 2 is 1.20 bits per heavy atom. The minimum absolute atomic E-state index is 1.36. The van der Waals surface area contributed by atoms with Gasteiger partial charge in [0.1, 0.15) is 0 Å². The van der Waals surface area contributed by atoms with E-state index >= 15 is 0 Å². The van der Waals surface area contributed by atoms with Crippen LogP contribution in [0.4, 0.5) is 17.3 Å². The highest BCUT2D eigenvalue weighted by Crippen LogP contribution is 2.17. The molecule has 0 fully saturated rings. The average Bonchev–Trinajstić information content (AvgIpc) is 1.96. The van der Waals surface area contributed by atoms with Gasteiger partial charge < -0.3 is 17.3 Å². The molecule has 0 nitrogen and oxygen atoms in total. The van der Waals surface area contributed by atoms with Crippen molar-refractivity contribution in [3.63, 3.8) is 0 Å². The number of hydrogen-bond donors (Lipinski definition) is 0. The molecular formula is C9H11BF4I-. The van der Waals surface area contributed by atoms with Gasteiger partial charge in [0.2, 0.25) is 0 Å². The summed E-state index contributed by atoms with van der Waals surface area (Å²) in [5, 5.41) is 0. The summed E-state index contributed by atoms with van der Waals surface area (Å²) in [5.74, 6) is 0. The van der Waals surface area contributed by atoms with Gasteiger partial charge in [-0.2, -0.15) is 0 Å². The maximum atomic E-state index is 9.75. The fraction of sp³-hybridized carbons (Fsp3) is 0.333. The fourth-order valence-electron chi connectivity index (χ4n) is 1.16. The van der Waals surface area contributed by atoms with Crippen LogP contribution < -0.4 is 0 Å². The van der Waals surface area contributed by atoms with Crippen molar-refractivity contribution in [3.8, 4) is 0 Å². The Balaban J connectivity index is 0.000000336. The van der Waals surface area contributed by atoms with E-state index in [0.29, 0.717) is 0 Å². The smallest absolute Gasteiger partial charge is 0.418 e. The predicted molar refractivity (Wildman–Crippen MR) is 63.6 cm³/mol. The first kappa shape index (κ1) is 14.7. The van der Waals surface area contributed by atoms with E-state index in [9.17, 15) is 17.3 Å². The molecule has 0 aliphatic heterocycles. The van der Waals surface area contributed by atoms with E-state index in [1.54, 1.807) is 0 Å². The maximum absolute atomic E-state index is 9.75. The molecule has 86 valence electrons. The highest BCUT2D eigenvalue weighted by atomic mass is 127. The van der Waals surface area contributed by atoms with Crippen LogP contribution in [0.1, 0.15) is 16.7 Å². The molecule has 1 aromatic rings. The molecule has 6 heteroatoms. The van der Waals surface area contributed by atoms with Crippen LogP contribution in [0.5, 0.6) is 0 Å². The third-order valence-electron chi connectivity index (χ3n) is 1.58. The van der Waals surface area contributed by atoms with Gasteiger partial charge in [0, 0.05) is 3.57 Å². The minimum Gasteiger partial charge on any atom is -0.418 e. The Kier molecular flexibility index (Phi) is 5.62. The van der Waals surface area contributed by atoms with Gasteiger partial charge in [-0.1, -0.05) is 17.7 Å². The van der Waals surface area contributed by atoms with E-state index < -0.39 is 7.25 Å².